The van der Waals surface area contributed by atoms with Crippen LogP contribution >= 0.6 is 11.3 Å². The van der Waals surface area contributed by atoms with E-state index in [0.717, 1.165) is 27.0 Å². The molecule has 148 valence electrons. The molecule has 0 fully saturated rings. The lowest BCUT2D eigenvalue weighted by atomic mass is 10.0. The van der Waals surface area contributed by atoms with Gasteiger partial charge in [-0.3, -0.25) is 0 Å². The molecule has 0 bridgehead atoms. The number of hydrogen-bond donors (Lipinski definition) is 1. The summed E-state index contributed by atoms with van der Waals surface area (Å²) in [5.41, 5.74) is 4.31. The van der Waals surface area contributed by atoms with Crippen molar-refractivity contribution in [3.63, 3.8) is 0 Å². The Hall–Kier alpha value is -3.57. The van der Waals surface area contributed by atoms with Gasteiger partial charge in [0.1, 0.15) is 5.75 Å². The Labute approximate surface area is 177 Å². The number of carbonyl (C=O) groups is 1. The Bertz CT molecular complexity index is 1370. The van der Waals surface area contributed by atoms with E-state index < -0.39 is 5.97 Å². The zero-order valence-electron chi connectivity index (χ0n) is 16.3. The van der Waals surface area contributed by atoms with Crippen molar-refractivity contribution in [2.24, 2.45) is 0 Å². The standard InChI is InChI=1S/C25H19NO3S/c1-29-25(28)18-9-5-10-19-23(18)24-20(26(19)15-16-7-3-2-4-8-16)13-17(14-21(24)27)22-11-6-12-30-22/h2-14,27H,15H2,1H3. The summed E-state index contributed by atoms with van der Waals surface area (Å²) in [6, 6.07) is 23.6. The lowest BCUT2D eigenvalue weighted by molar-refractivity contribution is 0.0603. The third kappa shape index (κ3) is 2.95. The molecule has 0 amide bonds. The Morgan fingerprint density at radius 2 is 1.80 bits per heavy atom. The summed E-state index contributed by atoms with van der Waals surface area (Å²) in [7, 11) is 1.37. The van der Waals surface area contributed by atoms with Gasteiger partial charge in [0, 0.05) is 16.8 Å². The van der Waals surface area contributed by atoms with Gasteiger partial charge in [-0.05, 0) is 46.8 Å². The van der Waals surface area contributed by atoms with Crippen LogP contribution in [0.2, 0.25) is 0 Å². The SMILES string of the molecule is COC(=O)c1cccc2c1c1c(O)cc(-c3cccs3)cc1n2Cc1ccccc1. The van der Waals surface area contributed by atoms with Gasteiger partial charge in [0.15, 0.2) is 0 Å². The molecule has 0 aliphatic rings. The Kier molecular flexibility index (Phi) is 4.52. The van der Waals surface area contributed by atoms with Crippen molar-refractivity contribution < 1.29 is 14.6 Å². The molecule has 0 unspecified atom stereocenters. The topological polar surface area (TPSA) is 51.5 Å². The van der Waals surface area contributed by atoms with Crippen molar-refractivity contribution in [1.29, 1.82) is 0 Å². The summed E-state index contributed by atoms with van der Waals surface area (Å²) in [6.07, 6.45) is 0. The van der Waals surface area contributed by atoms with E-state index in [9.17, 15) is 9.90 Å². The molecule has 0 aliphatic heterocycles. The van der Waals surface area contributed by atoms with E-state index in [2.05, 4.69) is 22.8 Å². The zero-order valence-corrected chi connectivity index (χ0v) is 17.1. The van der Waals surface area contributed by atoms with Crippen molar-refractivity contribution in [3.05, 3.63) is 89.3 Å². The minimum atomic E-state index is -0.416. The average molecular weight is 413 g/mol. The van der Waals surface area contributed by atoms with Gasteiger partial charge in [-0.15, -0.1) is 11.3 Å². The molecule has 5 aromatic rings. The lowest BCUT2D eigenvalue weighted by Gasteiger charge is -2.09. The molecule has 1 N–H and O–H groups in total. The predicted octanol–water partition coefficient (Wildman–Crippen LogP) is 6.06. The fourth-order valence-corrected chi connectivity index (χ4v) is 4.75. The predicted molar refractivity (Wildman–Crippen MR) is 121 cm³/mol. The van der Waals surface area contributed by atoms with E-state index in [0.29, 0.717) is 22.9 Å². The van der Waals surface area contributed by atoms with Gasteiger partial charge in [-0.25, -0.2) is 4.79 Å². The number of phenolic OH excluding ortho intramolecular Hbond substituents is 1. The number of carbonyl (C=O) groups excluding carboxylic acids is 1. The van der Waals surface area contributed by atoms with Gasteiger partial charge in [0.2, 0.25) is 0 Å². The smallest absolute Gasteiger partial charge is 0.338 e. The number of benzene rings is 3. The van der Waals surface area contributed by atoms with E-state index in [-0.39, 0.29) is 5.75 Å². The van der Waals surface area contributed by atoms with Gasteiger partial charge < -0.3 is 14.4 Å². The number of ether oxygens (including phenoxy) is 1. The number of thiophene rings is 1. The first-order valence-electron chi connectivity index (χ1n) is 9.61. The molecular formula is C25H19NO3S. The van der Waals surface area contributed by atoms with Gasteiger partial charge in [-0.1, -0.05) is 42.5 Å². The monoisotopic (exact) mass is 413 g/mol. The van der Waals surface area contributed by atoms with Crippen LogP contribution in [0.3, 0.4) is 0 Å². The maximum absolute atomic E-state index is 12.5. The Balaban J connectivity index is 1.87. The summed E-state index contributed by atoms with van der Waals surface area (Å²) < 4.78 is 7.17. The molecule has 0 saturated carbocycles. The highest BCUT2D eigenvalue weighted by Gasteiger charge is 2.21. The highest BCUT2D eigenvalue weighted by atomic mass is 32.1. The molecule has 3 aromatic carbocycles. The highest BCUT2D eigenvalue weighted by Crippen LogP contribution is 2.41. The van der Waals surface area contributed by atoms with Crippen molar-refractivity contribution >= 4 is 39.1 Å². The molecule has 0 spiro atoms. The molecule has 2 heterocycles. The second-order valence-corrected chi connectivity index (χ2v) is 8.08. The summed E-state index contributed by atoms with van der Waals surface area (Å²) in [5, 5.41) is 14.4. The molecule has 0 radical (unpaired) electrons. The molecule has 30 heavy (non-hydrogen) atoms. The van der Waals surface area contributed by atoms with Crippen LogP contribution < -0.4 is 0 Å². The van der Waals surface area contributed by atoms with E-state index in [1.165, 1.54) is 7.11 Å². The van der Waals surface area contributed by atoms with Gasteiger partial charge in [0.05, 0.1) is 29.1 Å². The van der Waals surface area contributed by atoms with Crippen LogP contribution in [0.5, 0.6) is 5.75 Å². The van der Waals surface area contributed by atoms with Crippen molar-refractivity contribution in [3.8, 4) is 16.2 Å². The molecular weight excluding hydrogens is 394 g/mol. The number of aromatic nitrogens is 1. The molecule has 4 nitrogen and oxygen atoms in total. The minimum absolute atomic E-state index is 0.157. The van der Waals surface area contributed by atoms with E-state index in [1.807, 2.05) is 47.8 Å². The van der Waals surface area contributed by atoms with Crippen LogP contribution in [0.4, 0.5) is 0 Å². The summed E-state index contributed by atoms with van der Waals surface area (Å²) >= 11 is 1.63. The second-order valence-electron chi connectivity index (χ2n) is 7.13. The normalized spacial score (nSPS) is 11.2. The number of methoxy groups -OCH3 is 1. The van der Waals surface area contributed by atoms with Crippen LogP contribution in [0.1, 0.15) is 15.9 Å². The molecule has 5 heteroatoms. The number of hydrogen-bond acceptors (Lipinski definition) is 4. The largest absolute Gasteiger partial charge is 0.507 e. The maximum atomic E-state index is 12.5. The number of aromatic hydroxyl groups is 1. The number of nitrogens with zero attached hydrogens (tertiary/aromatic N) is 1. The van der Waals surface area contributed by atoms with Crippen LogP contribution in [0, 0.1) is 0 Å². The first kappa shape index (κ1) is 18.5. The Morgan fingerprint density at radius 1 is 0.967 bits per heavy atom. The number of rotatable bonds is 4. The quantitative estimate of drug-likeness (QED) is 0.364. The van der Waals surface area contributed by atoms with Crippen molar-refractivity contribution in [2.75, 3.05) is 7.11 Å². The van der Waals surface area contributed by atoms with E-state index in [1.54, 1.807) is 23.5 Å². The molecule has 5 rings (SSSR count). The van der Waals surface area contributed by atoms with E-state index in [4.69, 9.17) is 4.74 Å². The molecule has 0 atom stereocenters. The number of esters is 1. The third-order valence-electron chi connectivity index (χ3n) is 5.37. The third-order valence-corrected chi connectivity index (χ3v) is 6.28. The van der Waals surface area contributed by atoms with Crippen molar-refractivity contribution in [2.45, 2.75) is 6.54 Å². The zero-order chi connectivity index (χ0) is 20.7. The lowest BCUT2D eigenvalue weighted by Crippen LogP contribution is -2.02. The van der Waals surface area contributed by atoms with Gasteiger partial charge in [0.25, 0.3) is 0 Å². The first-order chi connectivity index (χ1) is 14.7. The fourth-order valence-electron chi connectivity index (χ4n) is 4.04. The van der Waals surface area contributed by atoms with Crippen molar-refractivity contribution in [1.82, 2.24) is 4.57 Å². The molecule has 2 aromatic heterocycles. The number of fused-ring (bicyclic) bond motifs is 3. The van der Waals surface area contributed by atoms with Crippen LogP contribution in [0.25, 0.3) is 32.2 Å². The average Bonchev–Trinajstić information content (AvgIpc) is 3.41. The van der Waals surface area contributed by atoms with Crippen LogP contribution in [-0.2, 0) is 11.3 Å². The van der Waals surface area contributed by atoms with Crippen LogP contribution in [-0.4, -0.2) is 22.8 Å². The number of phenols is 1. The van der Waals surface area contributed by atoms with Crippen LogP contribution in [0.15, 0.2) is 78.2 Å². The van der Waals surface area contributed by atoms with Gasteiger partial charge >= 0.3 is 5.97 Å². The van der Waals surface area contributed by atoms with E-state index >= 15 is 0 Å². The fraction of sp³-hybridized carbons (Fsp3) is 0.0800. The summed E-state index contributed by atoms with van der Waals surface area (Å²) in [6.45, 7) is 0.624. The van der Waals surface area contributed by atoms with Gasteiger partial charge in [-0.2, -0.15) is 0 Å². The Morgan fingerprint density at radius 3 is 2.53 bits per heavy atom. The molecule has 0 saturated heterocycles. The molecule has 0 aliphatic carbocycles. The second kappa shape index (κ2) is 7.35. The minimum Gasteiger partial charge on any atom is -0.507 e. The first-order valence-corrected chi connectivity index (χ1v) is 10.5. The maximum Gasteiger partial charge on any atom is 0.338 e. The summed E-state index contributed by atoms with van der Waals surface area (Å²) in [5.74, 6) is -0.259. The summed E-state index contributed by atoms with van der Waals surface area (Å²) in [4.78, 5) is 13.6. The highest BCUT2D eigenvalue weighted by molar-refractivity contribution is 7.13.